The predicted octanol–water partition coefficient (Wildman–Crippen LogP) is 2.27. The summed E-state index contributed by atoms with van der Waals surface area (Å²) in [5.74, 6) is 1.05. The molecule has 2 heterocycles. The van der Waals surface area contributed by atoms with Gasteiger partial charge in [-0.3, -0.25) is 14.8 Å². The number of nitrogens with zero attached hydrogens (tertiary/aromatic N) is 5. The number of hydrogen-bond donors (Lipinski definition) is 1. The molecule has 1 aliphatic heterocycles. The van der Waals surface area contributed by atoms with Crippen LogP contribution in [0.3, 0.4) is 0 Å². The van der Waals surface area contributed by atoms with Gasteiger partial charge in [0.1, 0.15) is 6.26 Å². The molecule has 1 N–H and O–H groups in total. The number of hydrogen-bond acceptors (Lipinski definition) is 5. The van der Waals surface area contributed by atoms with E-state index >= 15 is 0 Å². The van der Waals surface area contributed by atoms with E-state index in [2.05, 4.69) is 59.8 Å². The summed E-state index contributed by atoms with van der Waals surface area (Å²) in [5, 5.41) is 7.48. The Balaban J connectivity index is 1.79. The Morgan fingerprint density at radius 3 is 2.48 bits per heavy atom. The zero-order valence-corrected chi connectivity index (χ0v) is 17.8. The van der Waals surface area contributed by atoms with Gasteiger partial charge in [-0.2, -0.15) is 0 Å². The van der Waals surface area contributed by atoms with E-state index in [1.165, 1.54) is 0 Å². The van der Waals surface area contributed by atoms with Gasteiger partial charge in [0.15, 0.2) is 5.96 Å². The van der Waals surface area contributed by atoms with Crippen LogP contribution < -0.4 is 5.32 Å². The molecule has 0 saturated carbocycles. The van der Waals surface area contributed by atoms with Gasteiger partial charge in [0.25, 0.3) is 0 Å². The number of aromatic nitrogens is 1. The number of aliphatic imine (C=N–C) groups is 1. The van der Waals surface area contributed by atoms with Crippen molar-refractivity contribution in [2.75, 3.05) is 45.8 Å². The topological polar surface area (TPSA) is 60.1 Å². The van der Waals surface area contributed by atoms with E-state index in [1.54, 1.807) is 6.26 Å². The first-order chi connectivity index (χ1) is 13.0. The maximum atomic E-state index is 4.93. The third-order valence-corrected chi connectivity index (χ3v) is 5.05. The molecule has 1 saturated heterocycles. The molecule has 7 heteroatoms. The van der Waals surface area contributed by atoms with E-state index in [-0.39, 0.29) is 0 Å². The van der Waals surface area contributed by atoms with Crippen LogP contribution in [0.4, 0.5) is 0 Å². The third-order valence-electron chi connectivity index (χ3n) is 5.05. The highest BCUT2D eigenvalue weighted by molar-refractivity contribution is 5.80. The Morgan fingerprint density at radius 1 is 1.22 bits per heavy atom. The van der Waals surface area contributed by atoms with Crippen LogP contribution in [0, 0.1) is 0 Å². The molecule has 1 aromatic heterocycles. The van der Waals surface area contributed by atoms with Crippen molar-refractivity contribution in [1.82, 2.24) is 25.2 Å². The molecule has 0 spiro atoms. The summed E-state index contributed by atoms with van der Waals surface area (Å²) in [6.07, 6.45) is 2.73. The van der Waals surface area contributed by atoms with Crippen molar-refractivity contribution >= 4 is 5.96 Å². The van der Waals surface area contributed by atoms with Crippen molar-refractivity contribution in [3.8, 4) is 0 Å². The molecule has 0 bridgehead atoms. The molecule has 0 unspecified atom stereocenters. The fraction of sp³-hybridized carbons (Fsp3) is 0.800. The fourth-order valence-corrected chi connectivity index (χ4v) is 3.64. The lowest BCUT2D eigenvalue weighted by Gasteiger charge is -2.36. The van der Waals surface area contributed by atoms with E-state index < -0.39 is 0 Å². The molecule has 1 aromatic rings. The summed E-state index contributed by atoms with van der Waals surface area (Å²) >= 11 is 0. The monoisotopic (exact) mass is 378 g/mol. The smallest absolute Gasteiger partial charge is 0.194 e. The van der Waals surface area contributed by atoms with Gasteiger partial charge < -0.3 is 14.7 Å². The summed E-state index contributed by atoms with van der Waals surface area (Å²) in [4.78, 5) is 12.2. The van der Waals surface area contributed by atoms with E-state index in [0.29, 0.717) is 12.1 Å². The van der Waals surface area contributed by atoms with Crippen molar-refractivity contribution in [2.45, 2.75) is 59.7 Å². The predicted molar refractivity (Wildman–Crippen MR) is 111 cm³/mol. The standard InChI is InChI=1S/C20H38N6O/c1-6-21-20(22-9-7-10-26(17(2)3)18(4)5)25-13-11-24(12-14-25)16-19-8-15-27-23-19/h8,15,17-18H,6-7,9-14,16H2,1-5H3,(H,21,22). The van der Waals surface area contributed by atoms with Crippen molar-refractivity contribution < 1.29 is 4.52 Å². The SMILES string of the molecule is CCNC(=NCCCN(C(C)C)C(C)C)N1CCN(Cc2ccon2)CC1. The highest BCUT2D eigenvalue weighted by Crippen LogP contribution is 2.08. The molecular weight excluding hydrogens is 340 g/mol. The first kappa shape index (κ1) is 21.7. The van der Waals surface area contributed by atoms with Crippen LogP contribution >= 0.6 is 0 Å². The molecular formula is C20H38N6O. The molecule has 0 atom stereocenters. The van der Waals surface area contributed by atoms with Gasteiger partial charge in [-0.1, -0.05) is 5.16 Å². The average Bonchev–Trinajstić information content (AvgIpc) is 3.13. The molecule has 7 nitrogen and oxygen atoms in total. The summed E-state index contributed by atoms with van der Waals surface area (Å²) in [6.45, 7) is 19.0. The Labute approximate surface area is 164 Å². The largest absolute Gasteiger partial charge is 0.364 e. The van der Waals surface area contributed by atoms with Crippen LogP contribution in [0.1, 0.15) is 46.7 Å². The Morgan fingerprint density at radius 2 is 1.93 bits per heavy atom. The zero-order valence-electron chi connectivity index (χ0n) is 17.8. The average molecular weight is 379 g/mol. The fourth-order valence-electron chi connectivity index (χ4n) is 3.64. The van der Waals surface area contributed by atoms with Gasteiger partial charge >= 0.3 is 0 Å². The molecule has 27 heavy (non-hydrogen) atoms. The summed E-state index contributed by atoms with van der Waals surface area (Å²) in [7, 11) is 0. The lowest BCUT2D eigenvalue weighted by Crippen LogP contribution is -2.52. The molecule has 154 valence electrons. The Kier molecular flexibility index (Phi) is 9.07. The normalized spacial score (nSPS) is 16.7. The first-order valence-corrected chi connectivity index (χ1v) is 10.4. The van der Waals surface area contributed by atoms with E-state index in [9.17, 15) is 0 Å². The summed E-state index contributed by atoms with van der Waals surface area (Å²) < 4.78 is 4.93. The zero-order chi connectivity index (χ0) is 19.6. The van der Waals surface area contributed by atoms with Gasteiger partial charge in [-0.15, -0.1) is 0 Å². The molecule has 0 radical (unpaired) electrons. The second-order valence-corrected chi connectivity index (χ2v) is 7.77. The Bertz CT molecular complexity index is 527. The van der Waals surface area contributed by atoms with Crippen LogP contribution in [0.5, 0.6) is 0 Å². The van der Waals surface area contributed by atoms with E-state index in [1.807, 2.05) is 6.07 Å². The van der Waals surface area contributed by atoms with Crippen LogP contribution in [-0.4, -0.2) is 83.7 Å². The third kappa shape index (κ3) is 7.14. The molecule has 0 amide bonds. The van der Waals surface area contributed by atoms with Gasteiger partial charge in [0, 0.05) is 70.5 Å². The van der Waals surface area contributed by atoms with E-state index in [0.717, 1.165) is 70.4 Å². The molecule has 2 rings (SSSR count). The van der Waals surface area contributed by atoms with Crippen LogP contribution in [-0.2, 0) is 6.54 Å². The van der Waals surface area contributed by atoms with Crippen LogP contribution in [0.15, 0.2) is 21.8 Å². The number of rotatable bonds is 9. The second kappa shape index (κ2) is 11.3. The van der Waals surface area contributed by atoms with Gasteiger partial charge in [0.05, 0.1) is 5.69 Å². The number of piperazine rings is 1. The second-order valence-electron chi connectivity index (χ2n) is 7.77. The maximum absolute atomic E-state index is 4.93. The molecule has 1 fully saturated rings. The minimum Gasteiger partial charge on any atom is -0.364 e. The summed E-state index contributed by atoms with van der Waals surface area (Å²) in [5.41, 5.74) is 1.00. The van der Waals surface area contributed by atoms with Crippen molar-refractivity contribution in [2.24, 2.45) is 4.99 Å². The van der Waals surface area contributed by atoms with Crippen molar-refractivity contribution in [3.05, 3.63) is 18.0 Å². The lowest BCUT2D eigenvalue weighted by atomic mass is 10.2. The number of guanidine groups is 1. The van der Waals surface area contributed by atoms with Crippen LogP contribution in [0.2, 0.25) is 0 Å². The molecule has 1 aliphatic rings. The first-order valence-electron chi connectivity index (χ1n) is 10.4. The maximum Gasteiger partial charge on any atom is 0.194 e. The quantitative estimate of drug-likeness (QED) is 0.404. The molecule has 0 aliphatic carbocycles. The van der Waals surface area contributed by atoms with Gasteiger partial charge in [-0.05, 0) is 41.0 Å². The highest BCUT2D eigenvalue weighted by Gasteiger charge is 2.20. The lowest BCUT2D eigenvalue weighted by molar-refractivity contribution is 0.168. The van der Waals surface area contributed by atoms with E-state index in [4.69, 9.17) is 9.52 Å². The summed E-state index contributed by atoms with van der Waals surface area (Å²) in [6, 6.07) is 3.11. The minimum absolute atomic E-state index is 0.583. The highest BCUT2D eigenvalue weighted by atomic mass is 16.5. The van der Waals surface area contributed by atoms with Crippen molar-refractivity contribution in [1.29, 1.82) is 0 Å². The number of nitrogens with one attached hydrogen (secondary N) is 1. The minimum atomic E-state index is 0.583. The van der Waals surface area contributed by atoms with Gasteiger partial charge in [-0.25, -0.2) is 0 Å². The van der Waals surface area contributed by atoms with Crippen LogP contribution in [0.25, 0.3) is 0 Å². The Hall–Kier alpha value is -1.60. The molecule has 0 aromatic carbocycles. The van der Waals surface area contributed by atoms with Gasteiger partial charge in [0.2, 0.25) is 0 Å². The van der Waals surface area contributed by atoms with Crippen molar-refractivity contribution in [3.63, 3.8) is 0 Å².